The van der Waals surface area contributed by atoms with Crippen LogP contribution in [0.2, 0.25) is 0 Å². The van der Waals surface area contributed by atoms with Crippen molar-refractivity contribution in [3.8, 4) is 5.75 Å². The monoisotopic (exact) mass is 396 g/mol. The van der Waals surface area contributed by atoms with Crippen LogP contribution in [-0.4, -0.2) is 22.3 Å². The lowest BCUT2D eigenvalue weighted by molar-refractivity contribution is -0.384. The fourth-order valence-corrected chi connectivity index (χ4v) is 3.76. The van der Waals surface area contributed by atoms with Crippen LogP contribution in [0.3, 0.4) is 0 Å². The number of rotatable bonds is 2. The van der Waals surface area contributed by atoms with E-state index in [9.17, 15) is 14.9 Å². The number of nitro groups is 1. The van der Waals surface area contributed by atoms with E-state index in [1.807, 2.05) is 53.7 Å². The van der Waals surface area contributed by atoms with Crippen molar-refractivity contribution in [2.45, 2.75) is 53.2 Å². The molecule has 1 atom stereocenters. The van der Waals surface area contributed by atoms with Gasteiger partial charge in [0.2, 0.25) is 0 Å². The summed E-state index contributed by atoms with van der Waals surface area (Å²) in [6, 6.07) is 4.46. The van der Waals surface area contributed by atoms with Crippen molar-refractivity contribution in [3.63, 3.8) is 0 Å². The lowest BCUT2D eigenvalue weighted by atomic mass is 9.67. The Bertz CT molecular complexity index is 924. The van der Waals surface area contributed by atoms with Gasteiger partial charge in [0.05, 0.1) is 10.6 Å². The summed E-state index contributed by atoms with van der Waals surface area (Å²) in [6.07, 6.45) is 5.01. The molecule has 1 spiro atoms. The minimum atomic E-state index is -0.872. The third-order valence-corrected chi connectivity index (χ3v) is 5.34. The number of hydrogen-bond acceptors (Lipinski definition) is 5. The first-order valence-electron chi connectivity index (χ1n) is 9.66. The molecule has 0 radical (unpaired) electrons. The summed E-state index contributed by atoms with van der Waals surface area (Å²) in [5.74, 6) is 0.532. The van der Waals surface area contributed by atoms with Gasteiger partial charge in [0.1, 0.15) is 17.4 Å². The number of nitrogens with zero attached hydrogens (tertiary/aromatic N) is 1. The molecule has 1 aliphatic carbocycles. The Hall–Kier alpha value is -2.89. The average molecular weight is 396 g/mol. The highest BCUT2D eigenvalue weighted by Crippen LogP contribution is 2.46. The van der Waals surface area contributed by atoms with Crippen molar-refractivity contribution in [1.82, 2.24) is 0 Å². The van der Waals surface area contributed by atoms with E-state index in [-0.39, 0.29) is 22.3 Å². The maximum atomic E-state index is 13.3. The molecule has 1 aromatic rings. The fraction of sp³-hybridized carbons (Fsp3) is 0.435. The third kappa shape index (κ3) is 3.59. The molecule has 1 aromatic carbocycles. The van der Waals surface area contributed by atoms with Crippen LogP contribution in [0.15, 0.2) is 54.2 Å². The van der Waals surface area contributed by atoms with E-state index >= 15 is 0 Å². The maximum Gasteiger partial charge on any atom is 0.271 e. The molecule has 0 fully saturated rings. The lowest BCUT2D eigenvalue weighted by Crippen LogP contribution is -2.54. The molecule has 154 valence electrons. The van der Waals surface area contributed by atoms with Crippen molar-refractivity contribution < 1.29 is 14.5 Å². The number of nitro benzene ring substituents is 1. The molecule has 0 bridgehead atoms. The number of benzene rings is 1. The molecule has 0 aromatic heterocycles. The van der Waals surface area contributed by atoms with Gasteiger partial charge in [-0.05, 0) is 35.1 Å². The summed E-state index contributed by atoms with van der Waals surface area (Å²) in [5.41, 5.74) is 0.211. The molecule has 1 N–H and O–H groups in total. The SMILES string of the molecule is C=CC1Oc2ccc([N+](=O)[O-])cc2NC12C=C(C(C)(C)C)C(=O)C(C(C)(C)C)=C2. The highest BCUT2D eigenvalue weighted by molar-refractivity contribution is 6.11. The first-order valence-corrected chi connectivity index (χ1v) is 9.66. The Morgan fingerprint density at radius 3 is 2.14 bits per heavy atom. The van der Waals surface area contributed by atoms with Gasteiger partial charge < -0.3 is 10.1 Å². The number of Topliss-reactive ketones (excluding diaryl/α,β-unsaturated/α-hetero) is 1. The summed E-state index contributed by atoms with van der Waals surface area (Å²) >= 11 is 0. The number of ketones is 1. The third-order valence-electron chi connectivity index (χ3n) is 5.34. The smallest absolute Gasteiger partial charge is 0.271 e. The lowest BCUT2D eigenvalue weighted by Gasteiger charge is -2.45. The zero-order valence-corrected chi connectivity index (χ0v) is 17.8. The molecule has 29 heavy (non-hydrogen) atoms. The molecule has 1 unspecified atom stereocenters. The first-order chi connectivity index (χ1) is 13.3. The predicted molar refractivity (Wildman–Crippen MR) is 114 cm³/mol. The normalized spacial score (nSPS) is 20.8. The molecular weight excluding hydrogens is 368 g/mol. The number of carbonyl (C=O) groups is 1. The molecule has 1 heterocycles. The number of carbonyl (C=O) groups excluding carboxylic acids is 1. The van der Waals surface area contributed by atoms with Crippen LogP contribution >= 0.6 is 0 Å². The number of anilines is 1. The van der Waals surface area contributed by atoms with Crippen molar-refractivity contribution in [3.05, 3.63) is 64.3 Å². The Balaban J connectivity index is 2.25. The highest BCUT2D eigenvalue weighted by atomic mass is 16.6. The number of allylic oxidation sites excluding steroid dienone is 2. The van der Waals surface area contributed by atoms with Gasteiger partial charge in [0.25, 0.3) is 5.69 Å². The van der Waals surface area contributed by atoms with Gasteiger partial charge >= 0.3 is 0 Å². The van der Waals surface area contributed by atoms with Gasteiger partial charge in [0, 0.05) is 23.3 Å². The first kappa shape index (κ1) is 20.8. The topological polar surface area (TPSA) is 81.5 Å². The van der Waals surface area contributed by atoms with E-state index in [2.05, 4.69) is 11.9 Å². The minimum absolute atomic E-state index is 0.0186. The molecule has 6 nitrogen and oxygen atoms in total. The van der Waals surface area contributed by atoms with Crippen LogP contribution in [0.25, 0.3) is 0 Å². The Labute approximate surface area is 171 Å². The minimum Gasteiger partial charge on any atom is -0.481 e. The zero-order chi connectivity index (χ0) is 21.8. The molecular formula is C23H28N2O4. The van der Waals surface area contributed by atoms with Crippen molar-refractivity contribution in [1.29, 1.82) is 0 Å². The van der Waals surface area contributed by atoms with Gasteiger partial charge in [-0.25, -0.2) is 0 Å². The van der Waals surface area contributed by atoms with Crippen LogP contribution in [0.4, 0.5) is 11.4 Å². The molecule has 0 amide bonds. The zero-order valence-electron chi connectivity index (χ0n) is 17.8. The molecule has 1 aliphatic heterocycles. The van der Waals surface area contributed by atoms with Crippen molar-refractivity contribution in [2.75, 3.05) is 5.32 Å². The highest BCUT2D eigenvalue weighted by Gasteiger charge is 2.47. The van der Waals surface area contributed by atoms with Crippen molar-refractivity contribution >= 4 is 17.2 Å². The summed E-state index contributed by atoms with van der Waals surface area (Å²) in [7, 11) is 0. The Morgan fingerprint density at radius 2 is 1.69 bits per heavy atom. The second kappa shape index (κ2) is 6.58. The Morgan fingerprint density at radius 1 is 1.14 bits per heavy atom. The summed E-state index contributed by atoms with van der Waals surface area (Å²) in [4.78, 5) is 24.1. The number of hydrogen-bond donors (Lipinski definition) is 1. The molecule has 3 rings (SSSR count). The largest absolute Gasteiger partial charge is 0.481 e. The fourth-order valence-electron chi connectivity index (χ4n) is 3.76. The van der Waals surface area contributed by atoms with E-state index in [1.54, 1.807) is 12.1 Å². The second-order valence-electron chi connectivity index (χ2n) is 9.71. The van der Waals surface area contributed by atoms with Gasteiger partial charge in [-0.2, -0.15) is 0 Å². The van der Waals surface area contributed by atoms with Crippen LogP contribution in [0.5, 0.6) is 5.75 Å². The summed E-state index contributed by atoms with van der Waals surface area (Å²) in [6.45, 7) is 15.9. The number of fused-ring (bicyclic) bond motifs is 1. The number of ether oxygens (including phenoxy) is 1. The predicted octanol–water partition coefficient (Wildman–Crippen LogP) is 5.22. The second-order valence-corrected chi connectivity index (χ2v) is 9.71. The quantitative estimate of drug-likeness (QED) is 0.421. The average Bonchev–Trinajstić information content (AvgIpc) is 2.60. The van der Waals surface area contributed by atoms with Crippen LogP contribution in [0.1, 0.15) is 41.5 Å². The van der Waals surface area contributed by atoms with Crippen molar-refractivity contribution in [2.24, 2.45) is 10.8 Å². The van der Waals surface area contributed by atoms with Gasteiger partial charge in [-0.1, -0.05) is 48.1 Å². The maximum absolute atomic E-state index is 13.3. The van der Waals surface area contributed by atoms with E-state index in [4.69, 9.17) is 4.74 Å². The van der Waals surface area contributed by atoms with E-state index in [1.165, 1.54) is 12.1 Å². The van der Waals surface area contributed by atoms with Crippen LogP contribution in [0, 0.1) is 20.9 Å². The molecule has 2 aliphatic rings. The Kier molecular flexibility index (Phi) is 4.72. The molecule has 0 saturated heterocycles. The van der Waals surface area contributed by atoms with Crippen LogP contribution in [-0.2, 0) is 4.79 Å². The van der Waals surface area contributed by atoms with Gasteiger partial charge in [-0.15, -0.1) is 0 Å². The van der Waals surface area contributed by atoms with E-state index < -0.39 is 16.6 Å². The summed E-state index contributed by atoms with van der Waals surface area (Å²) in [5, 5.41) is 14.7. The molecule has 6 heteroatoms. The molecule has 0 saturated carbocycles. The van der Waals surface area contributed by atoms with E-state index in [0.717, 1.165) is 0 Å². The number of nitrogens with one attached hydrogen (secondary N) is 1. The van der Waals surface area contributed by atoms with Gasteiger partial charge in [-0.3, -0.25) is 14.9 Å². The number of non-ortho nitro benzene ring substituents is 1. The van der Waals surface area contributed by atoms with E-state index in [0.29, 0.717) is 22.6 Å². The van der Waals surface area contributed by atoms with Gasteiger partial charge in [0.15, 0.2) is 5.78 Å². The van der Waals surface area contributed by atoms with Crippen LogP contribution < -0.4 is 10.1 Å². The summed E-state index contributed by atoms with van der Waals surface area (Å²) < 4.78 is 6.16. The standard InChI is InChI=1S/C23H28N2O4/c1-8-19-23(24-17-11-14(25(27)28)9-10-18(17)29-19)12-15(21(2,3)4)20(26)16(13-23)22(5,6)7/h8-13,19,24H,1H2,2-7H3.